The van der Waals surface area contributed by atoms with Crippen LogP contribution in [0.15, 0.2) is 96.7 Å². The summed E-state index contributed by atoms with van der Waals surface area (Å²) in [5.74, 6) is 0.267. The maximum atomic E-state index is 11.3. The maximum Gasteiger partial charge on any atom is 0.343 e. The summed E-state index contributed by atoms with van der Waals surface area (Å²) in [5, 5.41) is 0. The Morgan fingerprint density at radius 2 is 1.62 bits per heavy atom. The zero-order valence-corrected chi connectivity index (χ0v) is 19.9. The number of rotatable bonds is 13. The van der Waals surface area contributed by atoms with Crippen LogP contribution in [0, 0.1) is 0 Å². The van der Waals surface area contributed by atoms with E-state index >= 15 is 0 Å². The van der Waals surface area contributed by atoms with E-state index in [9.17, 15) is 4.79 Å². The average Bonchev–Trinajstić information content (AvgIpc) is 2.89. The normalized spacial score (nSPS) is 11.3. The Hall–Kier alpha value is -3.57. The van der Waals surface area contributed by atoms with Gasteiger partial charge in [-0.2, -0.15) is 0 Å². The number of nitrogens with one attached hydrogen (secondary N) is 1. The number of hydrogen-bond acceptors (Lipinski definition) is 5. The lowest BCUT2D eigenvalue weighted by molar-refractivity contribution is -0.142. The first-order chi connectivity index (χ1) is 16.7. The zero-order valence-electron chi connectivity index (χ0n) is 19.9. The Bertz CT molecular complexity index is 995. The topological polar surface area (TPSA) is 56.8 Å². The molecule has 0 saturated carbocycles. The number of hydroxylamine groups is 1. The number of aryl methyl sites for hydroxylation is 1. The van der Waals surface area contributed by atoms with Crippen molar-refractivity contribution >= 4 is 5.97 Å². The van der Waals surface area contributed by atoms with Crippen LogP contribution in [0.25, 0.3) is 0 Å². The summed E-state index contributed by atoms with van der Waals surface area (Å²) in [4.78, 5) is 17.5. The monoisotopic (exact) mass is 459 g/mol. The molecule has 0 fully saturated rings. The molecule has 0 aliphatic rings. The van der Waals surface area contributed by atoms with Crippen LogP contribution >= 0.6 is 0 Å². The Morgan fingerprint density at radius 1 is 0.941 bits per heavy atom. The third-order valence-electron chi connectivity index (χ3n) is 5.34. The molecule has 0 atom stereocenters. The molecule has 1 N–H and O–H groups in total. The van der Waals surface area contributed by atoms with Crippen LogP contribution in [0.5, 0.6) is 5.75 Å². The summed E-state index contributed by atoms with van der Waals surface area (Å²) in [6.45, 7) is 2.06. The standard InChI is InChI=1S/C29H33NO4/c1-3-12-26(19-10-13-23-14-11-20-27(21-23)33-22-28(31)32-2)30-34-29(24-15-6-4-7-16-24)25-17-8-5-9-18-25/h4-9,11,14-21,29-30H,3,10,12-13,22H2,1-2H3. The van der Waals surface area contributed by atoms with Crippen molar-refractivity contribution in [3.63, 3.8) is 0 Å². The summed E-state index contributed by atoms with van der Waals surface area (Å²) < 4.78 is 10.1. The van der Waals surface area contributed by atoms with Crippen molar-refractivity contribution in [2.45, 2.75) is 38.7 Å². The van der Waals surface area contributed by atoms with Crippen LogP contribution in [0.1, 0.15) is 49.0 Å². The largest absolute Gasteiger partial charge is 0.482 e. The van der Waals surface area contributed by atoms with E-state index in [-0.39, 0.29) is 12.7 Å². The Kier molecular flexibility index (Phi) is 10.2. The molecule has 0 radical (unpaired) electrons. The van der Waals surface area contributed by atoms with Crippen molar-refractivity contribution in [2.24, 2.45) is 0 Å². The van der Waals surface area contributed by atoms with Gasteiger partial charge in [0.15, 0.2) is 6.61 Å². The molecule has 0 aliphatic carbocycles. The van der Waals surface area contributed by atoms with E-state index in [2.05, 4.69) is 53.5 Å². The van der Waals surface area contributed by atoms with E-state index in [1.54, 1.807) is 0 Å². The summed E-state index contributed by atoms with van der Waals surface area (Å²) >= 11 is 0. The fourth-order valence-electron chi connectivity index (χ4n) is 3.59. The molecule has 0 amide bonds. The van der Waals surface area contributed by atoms with Gasteiger partial charge in [0.05, 0.1) is 7.11 Å². The molecule has 3 aromatic rings. The minimum atomic E-state index is -0.395. The van der Waals surface area contributed by atoms with Crippen molar-refractivity contribution in [3.8, 4) is 5.75 Å². The van der Waals surface area contributed by atoms with E-state index in [0.717, 1.165) is 48.1 Å². The van der Waals surface area contributed by atoms with Gasteiger partial charge in [-0.15, -0.1) is 0 Å². The van der Waals surface area contributed by atoms with Crippen LogP contribution in [0.4, 0.5) is 0 Å². The molecule has 3 aromatic carbocycles. The summed E-state index contributed by atoms with van der Waals surface area (Å²) in [5.41, 5.74) is 7.64. The first-order valence-electron chi connectivity index (χ1n) is 11.7. The van der Waals surface area contributed by atoms with Gasteiger partial charge in [-0.1, -0.05) is 92.2 Å². The van der Waals surface area contributed by atoms with E-state index in [4.69, 9.17) is 9.57 Å². The first kappa shape index (κ1) is 25.1. The summed E-state index contributed by atoms with van der Waals surface area (Å²) in [7, 11) is 1.35. The molecule has 0 aliphatic heterocycles. The van der Waals surface area contributed by atoms with Crippen molar-refractivity contribution in [2.75, 3.05) is 13.7 Å². The predicted octanol–water partition coefficient (Wildman–Crippen LogP) is 6.17. The fraction of sp³-hybridized carbons (Fsp3) is 0.276. The van der Waals surface area contributed by atoms with Gasteiger partial charge in [0, 0.05) is 5.70 Å². The van der Waals surface area contributed by atoms with Gasteiger partial charge in [-0.3, -0.25) is 10.3 Å². The number of methoxy groups -OCH3 is 1. The van der Waals surface area contributed by atoms with Crippen LogP contribution in [-0.2, 0) is 20.8 Å². The number of hydrogen-bond donors (Lipinski definition) is 1. The Balaban J connectivity index is 1.62. The number of benzene rings is 3. The molecule has 0 aromatic heterocycles. The number of allylic oxidation sites excluding steroid dienone is 2. The third kappa shape index (κ3) is 8.09. The number of carbonyl (C=O) groups is 1. The number of ether oxygens (including phenoxy) is 2. The minimum Gasteiger partial charge on any atom is -0.482 e. The molecule has 3 rings (SSSR count). The van der Waals surface area contributed by atoms with E-state index in [1.807, 2.05) is 54.6 Å². The van der Waals surface area contributed by atoms with Crippen molar-refractivity contribution in [3.05, 3.63) is 113 Å². The highest BCUT2D eigenvalue weighted by Gasteiger charge is 2.15. The smallest absolute Gasteiger partial charge is 0.343 e. The zero-order chi connectivity index (χ0) is 24.0. The lowest BCUT2D eigenvalue weighted by atomic mass is 10.0. The van der Waals surface area contributed by atoms with Crippen molar-refractivity contribution < 1.29 is 19.1 Å². The quantitative estimate of drug-likeness (QED) is 0.245. The molecule has 0 heterocycles. The summed E-state index contributed by atoms with van der Waals surface area (Å²) in [6.07, 6.45) is 5.61. The molecular formula is C29H33NO4. The molecule has 0 unspecified atom stereocenters. The molecule has 5 nitrogen and oxygen atoms in total. The van der Waals surface area contributed by atoms with Crippen LogP contribution in [0.2, 0.25) is 0 Å². The Morgan fingerprint density at radius 3 is 2.24 bits per heavy atom. The lowest BCUT2D eigenvalue weighted by Crippen LogP contribution is -2.19. The maximum absolute atomic E-state index is 11.3. The highest BCUT2D eigenvalue weighted by molar-refractivity contribution is 5.70. The minimum absolute atomic E-state index is 0.0915. The van der Waals surface area contributed by atoms with Gasteiger partial charge in [-0.05, 0) is 48.1 Å². The van der Waals surface area contributed by atoms with Gasteiger partial charge >= 0.3 is 5.97 Å². The first-order valence-corrected chi connectivity index (χ1v) is 11.7. The van der Waals surface area contributed by atoms with Gasteiger partial charge in [0.2, 0.25) is 0 Å². The second-order valence-corrected chi connectivity index (χ2v) is 7.95. The highest BCUT2D eigenvalue weighted by Crippen LogP contribution is 2.25. The summed E-state index contributed by atoms with van der Waals surface area (Å²) in [6, 6.07) is 28.3. The lowest BCUT2D eigenvalue weighted by Gasteiger charge is -2.21. The number of carbonyl (C=O) groups excluding carboxylic acids is 1. The van der Waals surface area contributed by atoms with Crippen molar-refractivity contribution in [1.29, 1.82) is 0 Å². The molecule has 34 heavy (non-hydrogen) atoms. The molecule has 178 valence electrons. The third-order valence-corrected chi connectivity index (χ3v) is 5.34. The van der Waals surface area contributed by atoms with E-state index in [0.29, 0.717) is 5.75 Å². The van der Waals surface area contributed by atoms with Crippen LogP contribution in [-0.4, -0.2) is 19.7 Å². The molecule has 0 bridgehead atoms. The van der Waals surface area contributed by atoms with Gasteiger partial charge in [0.25, 0.3) is 0 Å². The molecule has 0 spiro atoms. The van der Waals surface area contributed by atoms with Crippen molar-refractivity contribution in [1.82, 2.24) is 5.48 Å². The van der Waals surface area contributed by atoms with Gasteiger partial charge in [-0.25, -0.2) is 4.79 Å². The molecular weight excluding hydrogens is 426 g/mol. The van der Waals surface area contributed by atoms with E-state index < -0.39 is 5.97 Å². The van der Waals surface area contributed by atoms with Gasteiger partial charge < -0.3 is 9.47 Å². The van der Waals surface area contributed by atoms with Crippen LogP contribution in [0.3, 0.4) is 0 Å². The second kappa shape index (κ2) is 13.9. The predicted molar refractivity (Wildman–Crippen MR) is 134 cm³/mol. The Labute approximate surface area is 202 Å². The molecule has 5 heteroatoms. The second-order valence-electron chi connectivity index (χ2n) is 7.95. The van der Waals surface area contributed by atoms with E-state index in [1.165, 1.54) is 7.11 Å². The van der Waals surface area contributed by atoms with Crippen LogP contribution < -0.4 is 10.2 Å². The SMILES string of the molecule is CCCC(=CCCc1cccc(OCC(=O)OC)c1)NOC(c1ccccc1)c1ccccc1. The average molecular weight is 460 g/mol. The van der Waals surface area contributed by atoms with Gasteiger partial charge in [0.1, 0.15) is 11.9 Å². The highest BCUT2D eigenvalue weighted by atomic mass is 16.7. The molecule has 0 saturated heterocycles. The fourth-order valence-corrected chi connectivity index (χ4v) is 3.59. The number of esters is 1.